The van der Waals surface area contributed by atoms with Crippen molar-refractivity contribution < 1.29 is 28.5 Å². The molecule has 9 heteroatoms. The van der Waals surface area contributed by atoms with Crippen molar-refractivity contribution in [3.63, 3.8) is 0 Å². The number of fused-ring (bicyclic) bond motifs is 1. The number of benzene rings is 3. The number of carbonyl (C=O) groups excluding carboxylic acids is 2. The molecule has 0 atom stereocenters. The number of hydrogen-bond donors (Lipinski definition) is 2. The molecule has 0 spiro atoms. The van der Waals surface area contributed by atoms with Crippen molar-refractivity contribution in [2.45, 2.75) is 6.61 Å². The average molecular weight is 473 g/mol. The number of pyridine rings is 1. The van der Waals surface area contributed by atoms with Gasteiger partial charge in [0.05, 0.1) is 12.1 Å². The predicted molar refractivity (Wildman–Crippen MR) is 130 cm³/mol. The zero-order valence-corrected chi connectivity index (χ0v) is 18.9. The number of para-hydroxylation sites is 1. The van der Waals surface area contributed by atoms with Gasteiger partial charge in [0.2, 0.25) is 5.91 Å². The standard InChI is InChI=1S/C26H23N3O6/c1-32-16-33-15-17-13-23-22(14-21(17)25(27)30)24(11-12-28-23)34-20-9-7-18(8-10-20)29-26(31)35-19-5-3-2-4-6-19/h2-14H,15-16H2,1H3,(H2,27,30)(H,29,31). The maximum Gasteiger partial charge on any atom is 0.417 e. The highest BCUT2D eigenvalue weighted by molar-refractivity contribution is 6.00. The molecule has 1 aromatic heterocycles. The normalized spacial score (nSPS) is 10.7. The highest BCUT2D eigenvalue weighted by Gasteiger charge is 2.14. The molecule has 0 bridgehead atoms. The molecule has 0 aliphatic rings. The molecule has 35 heavy (non-hydrogen) atoms. The number of nitrogens with one attached hydrogen (secondary N) is 1. The van der Waals surface area contributed by atoms with Crippen molar-refractivity contribution in [2.24, 2.45) is 5.73 Å². The van der Waals surface area contributed by atoms with E-state index < -0.39 is 12.0 Å². The van der Waals surface area contributed by atoms with Gasteiger partial charge in [-0.1, -0.05) is 18.2 Å². The lowest BCUT2D eigenvalue weighted by Crippen LogP contribution is -2.16. The monoisotopic (exact) mass is 473 g/mol. The van der Waals surface area contributed by atoms with Gasteiger partial charge in [0, 0.05) is 29.9 Å². The number of carbonyl (C=O) groups is 2. The molecule has 0 saturated carbocycles. The fraction of sp³-hybridized carbons (Fsp3) is 0.115. The number of amides is 2. The maximum absolute atomic E-state index is 12.1. The molecule has 0 aliphatic carbocycles. The van der Waals surface area contributed by atoms with Gasteiger partial charge in [0.25, 0.3) is 0 Å². The van der Waals surface area contributed by atoms with Gasteiger partial charge in [-0.3, -0.25) is 15.1 Å². The average Bonchev–Trinajstić information content (AvgIpc) is 2.85. The Balaban J connectivity index is 1.50. The molecular formula is C26H23N3O6. The fourth-order valence-electron chi connectivity index (χ4n) is 3.36. The van der Waals surface area contributed by atoms with Crippen LogP contribution in [0.2, 0.25) is 0 Å². The van der Waals surface area contributed by atoms with Crippen molar-refractivity contribution >= 4 is 28.6 Å². The van der Waals surface area contributed by atoms with E-state index in [9.17, 15) is 9.59 Å². The number of rotatable bonds is 9. The molecule has 9 nitrogen and oxygen atoms in total. The van der Waals surface area contributed by atoms with E-state index in [4.69, 9.17) is 24.7 Å². The number of aromatic nitrogens is 1. The van der Waals surface area contributed by atoms with E-state index in [2.05, 4.69) is 10.3 Å². The minimum absolute atomic E-state index is 0.0850. The van der Waals surface area contributed by atoms with E-state index in [1.807, 2.05) is 6.07 Å². The molecule has 0 saturated heterocycles. The van der Waals surface area contributed by atoms with Gasteiger partial charge in [-0.15, -0.1) is 0 Å². The Morgan fingerprint density at radius 2 is 1.74 bits per heavy atom. The molecule has 2 amide bonds. The first-order chi connectivity index (χ1) is 17.0. The number of hydrogen-bond acceptors (Lipinski definition) is 7. The summed E-state index contributed by atoms with van der Waals surface area (Å²) in [5.41, 5.74) is 7.65. The molecule has 4 rings (SSSR count). The molecule has 0 fully saturated rings. The SMILES string of the molecule is COCOCc1cc2nccc(Oc3ccc(NC(=O)Oc4ccccc4)cc3)c2cc1C(N)=O. The lowest BCUT2D eigenvalue weighted by molar-refractivity contribution is -0.0391. The smallest absolute Gasteiger partial charge is 0.417 e. The van der Waals surface area contributed by atoms with E-state index in [0.717, 1.165) is 0 Å². The van der Waals surface area contributed by atoms with Gasteiger partial charge in [-0.25, -0.2) is 4.79 Å². The Bertz CT molecular complexity index is 1330. The molecular weight excluding hydrogens is 450 g/mol. The van der Waals surface area contributed by atoms with Crippen molar-refractivity contribution in [3.8, 4) is 17.2 Å². The minimum atomic E-state index is -0.603. The van der Waals surface area contributed by atoms with E-state index in [0.29, 0.717) is 45.0 Å². The summed E-state index contributed by atoms with van der Waals surface area (Å²) in [6, 6.07) is 20.6. The molecule has 178 valence electrons. The largest absolute Gasteiger partial charge is 0.457 e. The Morgan fingerprint density at radius 1 is 0.971 bits per heavy atom. The first-order valence-electron chi connectivity index (χ1n) is 10.6. The van der Waals surface area contributed by atoms with Crippen LogP contribution in [0.25, 0.3) is 10.9 Å². The second kappa shape index (κ2) is 11.1. The number of ether oxygens (including phenoxy) is 4. The molecule has 3 N–H and O–H groups in total. The molecule has 0 radical (unpaired) electrons. The van der Waals surface area contributed by atoms with Crippen LogP contribution >= 0.6 is 0 Å². The number of methoxy groups -OCH3 is 1. The minimum Gasteiger partial charge on any atom is -0.457 e. The summed E-state index contributed by atoms with van der Waals surface area (Å²) in [5.74, 6) is 0.868. The molecule has 0 unspecified atom stereocenters. The first kappa shape index (κ1) is 23.7. The van der Waals surface area contributed by atoms with Crippen LogP contribution in [-0.4, -0.2) is 30.9 Å². The molecule has 0 aliphatic heterocycles. The number of nitrogens with two attached hydrogens (primary N) is 1. The predicted octanol–water partition coefficient (Wildman–Crippen LogP) is 4.86. The van der Waals surface area contributed by atoms with Crippen LogP contribution in [0.5, 0.6) is 17.2 Å². The fourth-order valence-corrected chi connectivity index (χ4v) is 3.36. The Morgan fingerprint density at radius 3 is 2.46 bits per heavy atom. The van der Waals surface area contributed by atoms with Gasteiger partial charge in [-0.05, 0) is 60.2 Å². The van der Waals surface area contributed by atoms with E-state index in [1.54, 1.807) is 72.9 Å². The zero-order chi connectivity index (χ0) is 24.6. The lowest BCUT2D eigenvalue weighted by Gasteiger charge is -2.13. The summed E-state index contributed by atoms with van der Waals surface area (Å²) in [7, 11) is 1.51. The van der Waals surface area contributed by atoms with Crippen LogP contribution in [0.3, 0.4) is 0 Å². The van der Waals surface area contributed by atoms with Crippen LogP contribution in [0.4, 0.5) is 10.5 Å². The third kappa shape index (κ3) is 6.11. The second-order valence-electron chi connectivity index (χ2n) is 7.41. The maximum atomic E-state index is 12.1. The second-order valence-corrected chi connectivity index (χ2v) is 7.41. The van der Waals surface area contributed by atoms with E-state index in [1.165, 1.54) is 7.11 Å². The lowest BCUT2D eigenvalue weighted by atomic mass is 10.0. The van der Waals surface area contributed by atoms with Crippen molar-refractivity contribution in [2.75, 3.05) is 19.2 Å². The Hall–Kier alpha value is -4.47. The Labute approximate surface area is 201 Å². The van der Waals surface area contributed by atoms with Gasteiger partial charge in [0.1, 0.15) is 24.0 Å². The summed E-state index contributed by atoms with van der Waals surface area (Å²) in [5, 5.41) is 3.28. The van der Waals surface area contributed by atoms with Crippen molar-refractivity contribution in [1.29, 1.82) is 0 Å². The van der Waals surface area contributed by atoms with Crippen LogP contribution < -0.4 is 20.5 Å². The van der Waals surface area contributed by atoms with Crippen LogP contribution in [-0.2, 0) is 16.1 Å². The summed E-state index contributed by atoms with van der Waals surface area (Å²) in [4.78, 5) is 28.5. The summed E-state index contributed by atoms with van der Waals surface area (Å²) >= 11 is 0. The number of nitrogens with zero attached hydrogens (tertiary/aromatic N) is 1. The summed E-state index contributed by atoms with van der Waals surface area (Å²) < 4.78 is 21.5. The molecule has 4 aromatic rings. The van der Waals surface area contributed by atoms with Crippen molar-refractivity contribution in [1.82, 2.24) is 4.98 Å². The van der Waals surface area contributed by atoms with Crippen molar-refractivity contribution in [3.05, 3.63) is 90.1 Å². The Kier molecular flexibility index (Phi) is 7.51. The first-order valence-corrected chi connectivity index (χ1v) is 10.6. The highest BCUT2D eigenvalue weighted by Crippen LogP contribution is 2.31. The third-order valence-electron chi connectivity index (χ3n) is 4.93. The number of anilines is 1. The van der Waals surface area contributed by atoms with Gasteiger partial charge in [-0.2, -0.15) is 0 Å². The van der Waals surface area contributed by atoms with E-state index in [-0.39, 0.29) is 13.4 Å². The number of primary amides is 1. The quantitative estimate of drug-likeness (QED) is 0.263. The van der Waals surface area contributed by atoms with Gasteiger partial charge >= 0.3 is 6.09 Å². The topological polar surface area (TPSA) is 122 Å². The van der Waals surface area contributed by atoms with Crippen LogP contribution in [0.1, 0.15) is 15.9 Å². The highest BCUT2D eigenvalue weighted by atomic mass is 16.7. The van der Waals surface area contributed by atoms with Crippen LogP contribution in [0, 0.1) is 0 Å². The molecule has 3 aromatic carbocycles. The summed E-state index contributed by atoms with van der Waals surface area (Å²) in [6.07, 6.45) is 1.01. The van der Waals surface area contributed by atoms with Gasteiger partial charge < -0.3 is 24.7 Å². The summed E-state index contributed by atoms with van der Waals surface area (Å²) in [6.45, 7) is 0.234. The van der Waals surface area contributed by atoms with E-state index >= 15 is 0 Å². The van der Waals surface area contributed by atoms with Crippen LogP contribution in [0.15, 0.2) is 79.0 Å². The third-order valence-corrected chi connectivity index (χ3v) is 4.93. The zero-order valence-electron chi connectivity index (χ0n) is 18.9. The molecule has 1 heterocycles. The van der Waals surface area contributed by atoms with Gasteiger partial charge in [0.15, 0.2) is 0 Å².